The molecule has 3 nitrogen and oxygen atoms in total. The molecule has 4 aromatic rings. The molecule has 1 atom stereocenters. The van der Waals surface area contributed by atoms with Crippen LogP contribution in [-0.2, 0) is 0 Å². The highest BCUT2D eigenvalue weighted by Gasteiger charge is 2.44. The summed E-state index contributed by atoms with van der Waals surface area (Å²) >= 11 is 6.15. The fraction of sp³-hybridized carbons (Fsp3) is 0.192. The van der Waals surface area contributed by atoms with Gasteiger partial charge in [0.1, 0.15) is 0 Å². The normalized spacial score (nSPS) is 16.3. The third-order valence-electron chi connectivity index (χ3n) is 5.84. The number of carbonyl (C=O) groups is 1. The zero-order valence-corrected chi connectivity index (χ0v) is 18.0. The van der Waals surface area contributed by atoms with Gasteiger partial charge in [-0.1, -0.05) is 60.1 Å². The maximum absolute atomic E-state index is 13.5. The van der Waals surface area contributed by atoms with E-state index < -0.39 is 0 Å². The molecule has 0 radical (unpaired) electrons. The summed E-state index contributed by atoms with van der Waals surface area (Å²) in [6, 6.07) is 24.0. The zero-order valence-electron chi connectivity index (χ0n) is 17.2. The fourth-order valence-electron chi connectivity index (χ4n) is 4.58. The van der Waals surface area contributed by atoms with Gasteiger partial charge in [-0.15, -0.1) is 0 Å². The highest BCUT2D eigenvalue weighted by Crippen LogP contribution is 2.47. The number of hydrogen-bond acceptors (Lipinski definition) is 1. The highest BCUT2D eigenvalue weighted by molar-refractivity contribution is 6.30. The molecule has 0 bridgehead atoms. The van der Waals surface area contributed by atoms with Gasteiger partial charge in [-0.25, -0.2) is 0 Å². The van der Waals surface area contributed by atoms with Crippen molar-refractivity contribution in [2.75, 3.05) is 0 Å². The molecule has 0 unspecified atom stereocenters. The maximum atomic E-state index is 13.5. The molecule has 1 aromatic heterocycles. The Bertz CT molecular complexity index is 1260. The number of rotatable bonds is 2. The van der Waals surface area contributed by atoms with Crippen molar-refractivity contribution in [3.8, 4) is 11.3 Å². The van der Waals surface area contributed by atoms with Gasteiger partial charge in [0, 0.05) is 32.6 Å². The molecule has 5 rings (SSSR count). The fourth-order valence-corrected chi connectivity index (χ4v) is 4.71. The number of H-pyrrole nitrogens is 1. The summed E-state index contributed by atoms with van der Waals surface area (Å²) in [4.78, 5) is 19.1. The van der Waals surface area contributed by atoms with Gasteiger partial charge in [-0.3, -0.25) is 4.79 Å². The Hall–Kier alpha value is -3.04. The number of nitrogens with zero attached hydrogens (tertiary/aromatic N) is 1. The van der Waals surface area contributed by atoms with Gasteiger partial charge in [0.25, 0.3) is 5.91 Å². The van der Waals surface area contributed by atoms with Gasteiger partial charge in [-0.05, 0) is 56.2 Å². The van der Waals surface area contributed by atoms with Crippen molar-refractivity contribution in [2.24, 2.45) is 0 Å². The van der Waals surface area contributed by atoms with Crippen LogP contribution >= 0.6 is 11.6 Å². The molecule has 30 heavy (non-hydrogen) atoms. The number of nitrogens with one attached hydrogen (secondary N) is 1. The molecule has 0 saturated heterocycles. The number of benzene rings is 3. The molecule has 150 valence electrons. The van der Waals surface area contributed by atoms with E-state index in [1.807, 2.05) is 53.4 Å². The second-order valence-electron chi connectivity index (χ2n) is 8.80. The quantitative estimate of drug-likeness (QED) is 0.383. The van der Waals surface area contributed by atoms with Crippen LogP contribution in [0, 0.1) is 0 Å². The van der Waals surface area contributed by atoms with Crippen LogP contribution in [-0.4, -0.2) is 21.3 Å². The number of amides is 1. The van der Waals surface area contributed by atoms with E-state index in [1.54, 1.807) is 0 Å². The van der Waals surface area contributed by atoms with Gasteiger partial charge in [0.05, 0.1) is 11.7 Å². The van der Waals surface area contributed by atoms with Gasteiger partial charge >= 0.3 is 0 Å². The Morgan fingerprint density at radius 3 is 2.30 bits per heavy atom. The molecule has 2 heterocycles. The van der Waals surface area contributed by atoms with Gasteiger partial charge in [-0.2, -0.15) is 0 Å². The highest BCUT2D eigenvalue weighted by atomic mass is 35.5. The average molecular weight is 415 g/mol. The van der Waals surface area contributed by atoms with Crippen LogP contribution in [0.25, 0.3) is 22.2 Å². The Kier molecular flexibility index (Phi) is 4.26. The number of para-hydroxylation sites is 1. The number of halogens is 1. The Morgan fingerprint density at radius 1 is 0.900 bits per heavy atom. The Morgan fingerprint density at radius 2 is 1.57 bits per heavy atom. The Balaban J connectivity index is 1.84. The van der Waals surface area contributed by atoms with E-state index in [2.05, 4.69) is 50.0 Å². The topological polar surface area (TPSA) is 36.1 Å². The van der Waals surface area contributed by atoms with Crippen LogP contribution in [0.4, 0.5) is 0 Å². The molecular weight excluding hydrogens is 392 g/mol. The zero-order chi connectivity index (χ0) is 21.0. The van der Waals surface area contributed by atoms with Crippen LogP contribution in [0.15, 0.2) is 72.8 Å². The van der Waals surface area contributed by atoms with E-state index in [9.17, 15) is 4.79 Å². The minimum absolute atomic E-state index is 0.0791. The largest absolute Gasteiger partial charge is 0.354 e. The van der Waals surface area contributed by atoms with Crippen molar-refractivity contribution in [2.45, 2.75) is 32.4 Å². The third-order valence-corrected chi connectivity index (χ3v) is 6.09. The van der Waals surface area contributed by atoms with Gasteiger partial charge in [0.2, 0.25) is 0 Å². The van der Waals surface area contributed by atoms with Crippen molar-refractivity contribution in [1.29, 1.82) is 0 Å². The van der Waals surface area contributed by atoms with E-state index in [0.717, 1.165) is 38.9 Å². The first kappa shape index (κ1) is 19.0. The molecule has 1 amide bonds. The monoisotopic (exact) mass is 414 g/mol. The van der Waals surface area contributed by atoms with E-state index >= 15 is 0 Å². The van der Waals surface area contributed by atoms with Gasteiger partial charge < -0.3 is 9.88 Å². The summed E-state index contributed by atoms with van der Waals surface area (Å²) in [5, 5.41) is 1.83. The first-order chi connectivity index (χ1) is 14.4. The second kappa shape index (κ2) is 6.75. The minimum atomic E-state index is -0.337. The molecular formula is C26H23ClN2O. The summed E-state index contributed by atoms with van der Waals surface area (Å²) in [6.45, 7) is 6.29. The standard InChI is InChI=1S/C26H23ClN2O/c1-26(2,3)29-24(18-8-4-5-9-19(18)25(29)30)22-20-10-6-7-11-21(20)28-23(22)16-12-14-17(27)15-13-16/h4-15,24,28H,1-3H3/t24-/m0/s1. The average Bonchev–Trinajstić information content (AvgIpc) is 3.24. The summed E-state index contributed by atoms with van der Waals surface area (Å²) in [5.41, 5.74) is 5.76. The van der Waals surface area contributed by atoms with Gasteiger partial charge in [0.15, 0.2) is 0 Å². The van der Waals surface area contributed by atoms with Crippen LogP contribution in [0.5, 0.6) is 0 Å². The first-order valence-electron chi connectivity index (χ1n) is 10.2. The van der Waals surface area contributed by atoms with Crippen molar-refractivity contribution >= 4 is 28.4 Å². The number of fused-ring (bicyclic) bond motifs is 2. The molecule has 0 aliphatic carbocycles. The number of hydrogen-bond donors (Lipinski definition) is 1. The lowest BCUT2D eigenvalue weighted by Gasteiger charge is -2.38. The van der Waals surface area contributed by atoms with Crippen molar-refractivity contribution in [1.82, 2.24) is 9.88 Å². The smallest absolute Gasteiger partial charge is 0.255 e. The molecule has 4 heteroatoms. The van der Waals surface area contributed by atoms with E-state index in [4.69, 9.17) is 11.6 Å². The van der Waals surface area contributed by atoms with E-state index in [1.165, 1.54) is 0 Å². The van der Waals surface area contributed by atoms with Crippen molar-refractivity contribution in [3.63, 3.8) is 0 Å². The second-order valence-corrected chi connectivity index (χ2v) is 9.24. The predicted octanol–water partition coefficient (Wildman–Crippen LogP) is 6.83. The summed E-state index contributed by atoms with van der Waals surface area (Å²) in [7, 11) is 0. The van der Waals surface area contributed by atoms with Crippen LogP contribution in [0.1, 0.15) is 48.3 Å². The molecule has 0 saturated carbocycles. The van der Waals surface area contributed by atoms with E-state index in [-0.39, 0.29) is 17.5 Å². The minimum Gasteiger partial charge on any atom is -0.354 e. The molecule has 1 N–H and O–H groups in total. The predicted molar refractivity (Wildman–Crippen MR) is 123 cm³/mol. The lowest BCUT2D eigenvalue weighted by atomic mass is 9.91. The number of carbonyl (C=O) groups excluding carboxylic acids is 1. The van der Waals surface area contributed by atoms with Crippen molar-refractivity contribution in [3.05, 3.63) is 94.5 Å². The molecule has 0 spiro atoms. The van der Waals surface area contributed by atoms with Crippen LogP contribution in [0.3, 0.4) is 0 Å². The Labute approximate surface area is 181 Å². The summed E-state index contributed by atoms with van der Waals surface area (Å²) in [6.07, 6.45) is 0. The third kappa shape index (κ3) is 2.85. The molecule has 1 aliphatic heterocycles. The van der Waals surface area contributed by atoms with Crippen molar-refractivity contribution < 1.29 is 4.79 Å². The molecule has 0 fully saturated rings. The first-order valence-corrected chi connectivity index (χ1v) is 10.5. The lowest BCUT2D eigenvalue weighted by Crippen LogP contribution is -2.44. The lowest BCUT2D eigenvalue weighted by molar-refractivity contribution is 0.0554. The number of aromatic nitrogens is 1. The maximum Gasteiger partial charge on any atom is 0.255 e. The molecule has 1 aliphatic rings. The van der Waals surface area contributed by atoms with Crippen LogP contribution in [0.2, 0.25) is 5.02 Å². The number of aromatic amines is 1. The summed E-state index contributed by atoms with van der Waals surface area (Å²) < 4.78 is 0. The SMILES string of the molecule is CC(C)(C)N1C(=O)c2ccccc2[C@H]1c1c(-c2ccc(Cl)cc2)[nH]c2ccccc12. The van der Waals surface area contributed by atoms with E-state index in [0.29, 0.717) is 5.02 Å². The summed E-state index contributed by atoms with van der Waals surface area (Å²) in [5.74, 6) is 0.0791. The molecule has 3 aromatic carbocycles. The van der Waals surface area contributed by atoms with Crippen LogP contribution < -0.4 is 0 Å².